The van der Waals surface area contributed by atoms with Gasteiger partial charge in [-0.1, -0.05) is 36.8 Å². The van der Waals surface area contributed by atoms with E-state index in [1.807, 2.05) is 0 Å². The summed E-state index contributed by atoms with van der Waals surface area (Å²) in [6.07, 6.45) is 10.9. The molecule has 0 fully saturated rings. The topological polar surface area (TPSA) is 26.0 Å². The minimum atomic E-state index is -0.221. The van der Waals surface area contributed by atoms with Crippen LogP contribution in [0.5, 0.6) is 0 Å². The molecular formula is C16H23N. The van der Waals surface area contributed by atoms with Crippen LogP contribution in [0.15, 0.2) is 46.6 Å². The van der Waals surface area contributed by atoms with Gasteiger partial charge in [0.25, 0.3) is 0 Å². The highest BCUT2D eigenvalue weighted by molar-refractivity contribution is 5.56. The Morgan fingerprint density at radius 2 is 2.06 bits per heavy atom. The van der Waals surface area contributed by atoms with E-state index >= 15 is 0 Å². The van der Waals surface area contributed by atoms with Gasteiger partial charge in [0.2, 0.25) is 0 Å². The zero-order valence-electron chi connectivity index (χ0n) is 11.4. The van der Waals surface area contributed by atoms with Crippen LogP contribution in [-0.2, 0) is 0 Å². The van der Waals surface area contributed by atoms with Crippen LogP contribution in [-0.4, -0.2) is 5.54 Å². The predicted octanol–water partition coefficient (Wildman–Crippen LogP) is 3.89. The van der Waals surface area contributed by atoms with Crippen molar-refractivity contribution in [3.8, 4) is 0 Å². The molecule has 0 saturated carbocycles. The molecule has 0 radical (unpaired) electrons. The van der Waals surface area contributed by atoms with E-state index in [-0.39, 0.29) is 5.54 Å². The summed E-state index contributed by atoms with van der Waals surface area (Å²) in [5.41, 5.74) is 11.8. The zero-order valence-corrected chi connectivity index (χ0v) is 11.4. The maximum atomic E-state index is 6.43. The number of allylic oxidation sites excluding steroid dienone is 5. The number of rotatable bonds is 1. The second-order valence-electron chi connectivity index (χ2n) is 5.82. The lowest BCUT2D eigenvalue weighted by Gasteiger charge is -2.34. The molecule has 92 valence electrons. The van der Waals surface area contributed by atoms with E-state index in [0.29, 0.717) is 5.92 Å². The Kier molecular flexibility index (Phi) is 3.13. The number of hydrogen-bond acceptors (Lipinski definition) is 1. The summed E-state index contributed by atoms with van der Waals surface area (Å²) >= 11 is 0. The molecule has 0 saturated heterocycles. The smallest absolute Gasteiger partial charge is 0.0422 e. The zero-order chi connectivity index (χ0) is 12.6. The molecule has 2 unspecified atom stereocenters. The third-order valence-electron chi connectivity index (χ3n) is 3.81. The first-order valence-electron chi connectivity index (χ1n) is 6.47. The summed E-state index contributed by atoms with van der Waals surface area (Å²) in [7, 11) is 0. The maximum absolute atomic E-state index is 6.43. The monoisotopic (exact) mass is 229 g/mol. The van der Waals surface area contributed by atoms with Crippen molar-refractivity contribution >= 4 is 0 Å². The Morgan fingerprint density at radius 1 is 1.35 bits per heavy atom. The highest BCUT2D eigenvalue weighted by Crippen LogP contribution is 2.38. The van der Waals surface area contributed by atoms with Crippen molar-refractivity contribution in [2.75, 3.05) is 0 Å². The summed E-state index contributed by atoms with van der Waals surface area (Å²) < 4.78 is 0. The van der Waals surface area contributed by atoms with Crippen molar-refractivity contribution in [2.24, 2.45) is 11.7 Å². The lowest BCUT2D eigenvalue weighted by atomic mass is 9.74. The van der Waals surface area contributed by atoms with Crippen LogP contribution in [0, 0.1) is 5.92 Å². The first kappa shape index (κ1) is 12.4. The van der Waals surface area contributed by atoms with Gasteiger partial charge in [0.1, 0.15) is 0 Å². The van der Waals surface area contributed by atoms with E-state index in [4.69, 9.17) is 5.73 Å². The quantitative estimate of drug-likeness (QED) is 0.725. The Balaban J connectivity index is 2.47. The van der Waals surface area contributed by atoms with E-state index < -0.39 is 0 Å². The highest BCUT2D eigenvalue weighted by atomic mass is 14.7. The van der Waals surface area contributed by atoms with Gasteiger partial charge in [-0.25, -0.2) is 0 Å². The van der Waals surface area contributed by atoms with Crippen LogP contribution in [0.3, 0.4) is 0 Å². The fourth-order valence-electron chi connectivity index (χ4n) is 3.08. The molecule has 17 heavy (non-hydrogen) atoms. The van der Waals surface area contributed by atoms with Gasteiger partial charge in [0.15, 0.2) is 0 Å². The van der Waals surface area contributed by atoms with Crippen LogP contribution < -0.4 is 5.73 Å². The molecule has 0 spiro atoms. The fraction of sp³-hybridized carbons (Fsp3) is 0.500. The van der Waals surface area contributed by atoms with Crippen LogP contribution in [0.4, 0.5) is 0 Å². The van der Waals surface area contributed by atoms with Gasteiger partial charge in [-0.3, -0.25) is 0 Å². The summed E-state index contributed by atoms with van der Waals surface area (Å²) in [5, 5.41) is 0. The molecule has 0 aromatic heterocycles. The third-order valence-corrected chi connectivity index (χ3v) is 3.81. The maximum Gasteiger partial charge on any atom is 0.0422 e. The van der Waals surface area contributed by atoms with Crippen LogP contribution in [0.1, 0.15) is 40.5 Å². The van der Waals surface area contributed by atoms with Gasteiger partial charge in [0.05, 0.1) is 0 Å². The van der Waals surface area contributed by atoms with E-state index in [1.165, 1.54) is 22.3 Å². The summed E-state index contributed by atoms with van der Waals surface area (Å²) in [4.78, 5) is 0. The molecule has 2 atom stereocenters. The Morgan fingerprint density at radius 3 is 2.65 bits per heavy atom. The molecule has 0 amide bonds. The van der Waals surface area contributed by atoms with Crippen molar-refractivity contribution < 1.29 is 0 Å². The molecule has 2 aliphatic rings. The Bertz CT molecular complexity index is 444. The Labute approximate surface area is 105 Å². The molecule has 1 nitrogen and oxygen atoms in total. The van der Waals surface area contributed by atoms with Gasteiger partial charge in [0, 0.05) is 5.54 Å². The van der Waals surface area contributed by atoms with E-state index in [9.17, 15) is 0 Å². The van der Waals surface area contributed by atoms with Crippen LogP contribution in [0.2, 0.25) is 0 Å². The van der Waals surface area contributed by atoms with Gasteiger partial charge >= 0.3 is 0 Å². The molecule has 2 aliphatic carbocycles. The minimum absolute atomic E-state index is 0.221. The van der Waals surface area contributed by atoms with Crippen molar-refractivity contribution in [2.45, 2.75) is 46.1 Å². The average molecular weight is 229 g/mol. The minimum Gasteiger partial charge on any atom is -0.321 e. The largest absolute Gasteiger partial charge is 0.321 e. The van der Waals surface area contributed by atoms with Crippen molar-refractivity contribution in [3.05, 3.63) is 46.6 Å². The second-order valence-corrected chi connectivity index (χ2v) is 5.82. The molecule has 2 rings (SSSR count). The highest BCUT2D eigenvalue weighted by Gasteiger charge is 2.29. The molecule has 1 heteroatoms. The predicted molar refractivity (Wildman–Crippen MR) is 74.7 cm³/mol. The summed E-state index contributed by atoms with van der Waals surface area (Å²) in [5.74, 6) is 0.655. The first-order chi connectivity index (χ1) is 7.92. The van der Waals surface area contributed by atoms with Gasteiger partial charge < -0.3 is 5.73 Å². The molecule has 0 aromatic rings. The first-order valence-corrected chi connectivity index (χ1v) is 6.47. The van der Waals surface area contributed by atoms with Gasteiger partial charge in [-0.2, -0.15) is 0 Å². The van der Waals surface area contributed by atoms with E-state index in [0.717, 1.165) is 12.8 Å². The molecule has 0 bridgehead atoms. The fourth-order valence-corrected chi connectivity index (χ4v) is 3.08. The van der Waals surface area contributed by atoms with Crippen LogP contribution >= 0.6 is 0 Å². The number of nitrogens with two attached hydrogens (primary N) is 1. The normalized spacial score (nSPS) is 33.6. The average Bonchev–Trinajstić information content (AvgIpc) is 2.18. The van der Waals surface area contributed by atoms with Gasteiger partial charge in [-0.15, -0.1) is 0 Å². The lowest BCUT2D eigenvalue weighted by molar-refractivity contribution is 0.553. The van der Waals surface area contributed by atoms with E-state index in [1.54, 1.807) is 0 Å². The Hall–Kier alpha value is -1.08. The van der Waals surface area contributed by atoms with Gasteiger partial charge in [-0.05, 0) is 56.3 Å². The molecule has 0 aromatic carbocycles. The number of hydrogen-bond donors (Lipinski definition) is 1. The van der Waals surface area contributed by atoms with E-state index in [2.05, 4.69) is 52.0 Å². The summed E-state index contributed by atoms with van der Waals surface area (Å²) in [6.45, 7) is 8.87. The standard InChI is InChI=1S/C16H23N/c1-11-9-12(2)15(13(3)10-11)14-7-5-6-8-16(14,4)17/h5-7,9,11H,8,10,17H2,1-4H3. The van der Waals surface area contributed by atoms with Crippen molar-refractivity contribution in [3.63, 3.8) is 0 Å². The van der Waals surface area contributed by atoms with Crippen molar-refractivity contribution in [1.82, 2.24) is 0 Å². The molecule has 0 heterocycles. The lowest BCUT2D eigenvalue weighted by Crippen LogP contribution is -2.40. The second kappa shape index (κ2) is 4.30. The van der Waals surface area contributed by atoms with Crippen LogP contribution in [0.25, 0.3) is 0 Å². The molecular weight excluding hydrogens is 206 g/mol. The molecule has 2 N–H and O–H groups in total. The molecule has 0 aliphatic heterocycles. The SMILES string of the molecule is CC1=CC(C)CC(C)=C1C1=CC=CCC1(C)N. The van der Waals surface area contributed by atoms with Crippen molar-refractivity contribution in [1.29, 1.82) is 0 Å². The third kappa shape index (κ3) is 2.30. The summed E-state index contributed by atoms with van der Waals surface area (Å²) in [6, 6.07) is 0.